The summed E-state index contributed by atoms with van der Waals surface area (Å²) in [5.74, 6) is -0.308. The highest BCUT2D eigenvalue weighted by atomic mass is 32.1. The molecule has 0 aliphatic carbocycles. The first kappa shape index (κ1) is 19.5. The van der Waals surface area contributed by atoms with Crippen LogP contribution in [0.3, 0.4) is 0 Å². The molecule has 4 rings (SSSR count). The summed E-state index contributed by atoms with van der Waals surface area (Å²) in [4.78, 5) is 21.7. The largest absolute Gasteiger partial charge is 0.308 e. The number of halogens is 1. The van der Waals surface area contributed by atoms with Crippen LogP contribution in [0, 0.1) is 5.82 Å². The first-order chi connectivity index (χ1) is 14.0. The van der Waals surface area contributed by atoms with Crippen molar-refractivity contribution in [3.05, 3.63) is 72.0 Å². The zero-order valence-corrected chi connectivity index (χ0v) is 17.2. The molecule has 6 heteroatoms. The smallest absolute Gasteiger partial charge is 0.233 e. The Morgan fingerprint density at radius 1 is 1.03 bits per heavy atom. The monoisotopic (exact) mass is 407 g/mol. The molecule has 0 bridgehead atoms. The summed E-state index contributed by atoms with van der Waals surface area (Å²) in [6, 6.07) is 18.6. The highest BCUT2D eigenvalue weighted by molar-refractivity contribution is 7.22. The van der Waals surface area contributed by atoms with Crippen molar-refractivity contribution in [3.63, 3.8) is 0 Å². The van der Waals surface area contributed by atoms with Crippen LogP contribution in [-0.2, 0) is 11.2 Å². The quantitative estimate of drug-likeness (QED) is 0.464. The second-order valence-corrected chi connectivity index (χ2v) is 8.28. The van der Waals surface area contributed by atoms with Crippen molar-refractivity contribution in [2.75, 3.05) is 32.1 Å². The number of carbonyl (C=O) groups excluding carboxylic acids is 1. The summed E-state index contributed by atoms with van der Waals surface area (Å²) in [7, 11) is 3.95. The van der Waals surface area contributed by atoms with Gasteiger partial charge in [0.1, 0.15) is 5.82 Å². The number of likely N-dealkylation sites (N-methyl/N-ethyl adjacent to an activating group) is 1. The molecule has 1 aromatic heterocycles. The van der Waals surface area contributed by atoms with Gasteiger partial charge in [-0.3, -0.25) is 9.69 Å². The van der Waals surface area contributed by atoms with Crippen LogP contribution in [-0.4, -0.2) is 43.0 Å². The SMILES string of the molecule is CN(C)CCN(C(=O)Cc1cccc2ccccc12)c1nc2ccc(F)cc2s1. The molecule has 1 heterocycles. The summed E-state index contributed by atoms with van der Waals surface area (Å²) in [5.41, 5.74) is 1.70. The number of hydrogen-bond donors (Lipinski definition) is 0. The number of nitrogens with zero attached hydrogens (tertiary/aromatic N) is 3. The number of fused-ring (bicyclic) bond motifs is 2. The Hall–Kier alpha value is -2.83. The molecule has 148 valence electrons. The Labute approximate surface area is 173 Å². The number of anilines is 1. The lowest BCUT2D eigenvalue weighted by Gasteiger charge is -2.22. The second-order valence-electron chi connectivity index (χ2n) is 7.27. The summed E-state index contributed by atoms with van der Waals surface area (Å²) in [6.45, 7) is 1.24. The van der Waals surface area contributed by atoms with Crippen LogP contribution in [0.15, 0.2) is 60.7 Å². The van der Waals surface area contributed by atoms with Crippen LogP contribution in [0.5, 0.6) is 0 Å². The van der Waals surface area contributed by atoms with Gasteiger partial charge >= 0.3 is 0 Å². The summed E-state index contributed by atoms with van der Waals surface area (Å²) in [6.07, 6.45) is 0.291. The molecule has 3 aromatic carbocycles. The van der Waals surface area contributed by atoms with Crippen molar-refractivity contribution in [3.8, 4) is 0 Å². The van der Waals surface area contributed by atoms with Gasteiger partial charge in [-0.15, -0.1) is 0 Å². The van der Waals surface area contributed by atoms with Gasteiger partial charge in [-0.25, -0.2) is 9.37 Å². The Balaban J connectivity index is 1.67. The van der Waals surface area contributed by atoms with Crippen LogP contribution in [0.25, 0.3) is 21.0 Å². The van der Waals surface area contributed by atoms with Gasteiger partial charge in [0.15, 0.2) is 5.13 Å². The van der Waals surface area contributed by atoms with Crippen LogP contribution in [0.1, 0.15) is 5.56 Å². The number of amides is 1. The lowest BCUT2D eigenvalue weighted by atomic mass is 10.0. The number of carbonyl (C=O) groups is 1. The van der Waals surface area contributed by atoms with Gasteiger partial charge in [-0.1, -0.05) is 53.8 Å². The summed E-state index contributed by atoms with van der Waals surface area (Å²) < 4.78 is 14.3. The number of hydrogen-bond acceptors (Lipinski definition) is 4. The van der Waals surface area contributed by atoms with Gasteiger partial charge in [-0.05, 0) is 48.6 Å². The normalized spacial score (nSPS) is 11.4. The molecule has 29 heavy (non-hydrogen) atoms. The van der Waals surface area contributed by atoms with Gasteiger partial charge in [0.2, 0.25) is 5.91 Å². The molecule has 0 saturated carbocycles. The molecule has 4 nitrogen and oxygen atoms in total. The van der Waals surface area contributed by atoms with Crippen molar-refractivity contribution in [2.24, 2.45) is 0 Å². The third-order valence-corrected chi connectivity index (χ3v) is 5.90. The van der Waals surface area contributed by atoms with Crippen molar-refractivity contribution in [1.29, 1.82) is 0 Å². The van der Waals surface area contributed by atoms with E-state index in [1.54, 1.807) is 11.0 Å². The van der Waals surface area contributed by atoms with Crippen LogP contribution in [0.4, 0.5) is 9.52 Å². The molecular formula is C23H22FN3OS. The average Bonchev–Trinajstić information content (AvgIpc) is 3.11. The third-order valence-electron chi connectivity index (χ3n) is 4.86. The van der Waals surface area contributed by atoms with E-state index in [4.69, 9.17) is 0 Å². The van der Waals surface area contributed by atoms with E-state index in [0.717, 1.165) is 21.0 Å². The maximum absolute atomic E-state index is 13.6. The molecular weight excluding hydrogens is 385 g/mol. The van der Waals surface area contributed by atoms with Crippen LogP contribution in [0.2, 0.25) is 0 Å². The Morgan fingerprint density at radius 3 is 2.66 bits per heavy atom. The lowest BCUT2D eigenvalue weighted by molar-refractivity contribution is -0.118. The minimum Gasteiger partial charge on any atom is -0.308 e. The van der Waals surface area contributed by atoms with E-state index in [-0.39, 0.29) is 11.7 Å². The van der Waals surface area contributed by atoms with Gasteiger partial charge in [-0.2, -0.15) is 0 Å². The molecule has 0 spiro atoms. The van der Waals surface area contributed by atoms with Crippen LogP contribution < -0.4 is 4.90 Å². The second kappa shape index (κ2) is 8.27. The molecule has 0 N–H and O–H groups in total. The number of thiazole rings is 1. The average molecular weight is 408 g/mol. The van der Waals surface area contributed by atoms with E-state index < -0.39 is 0 Å². The minimum atomic E-state index is -0.297. The first-order valence-electron chi connectivity index (χ1n) is 9.49. The van der Waals surface area contributed by atoms with E-state index >= 15 is 0 Å². The fourth-order valence-electron chi connectivity index (χ4n) is 3.33. The summed E-state index contributed by atoms with van der Waals surface area (Å²) in [5, 5.41) is 2.81. The molecule has 0 atom stereocenters. The first-order valence-corrected chi connectivity index (χ1v) is 10.3. The predicted octanol–water partition coefficient (Wildman–Crippen LogP) is 4.73. The summed E-state index contributed by atoms with van der Waals surface area (Å²) >= 11 is 1.35. The standard InChI is InChI=1S/C23H22FN3OS/c1-26(2)12-13-27(23-25-20-11-10-18(24)15-21(20)29-23)22(28)14-17-8-5-7-16-6-3-4-9-19(16)17/h3-11,15H,12-14H2,1-2H3. The Kier molecular flexibility index (Phi) is 5.56. The molecule has 4 aromatic rings. The van der Waals surface area contributed by atoms with Gasteiger partial charge < -0.3 is 4.90 Å². The number of aromatic nitrogens is 1. The minimum absolute atomic E-state index is 0.0114. The van der Waals surface area contributed by atoms with Crippen molar-refractivity contribution in [1.82, 2.24) is 9.88 Å². The van der Waals surface area contributed by atoms with Crippen LogP contribution >= 0.6 is 11.3 Å². The predicted molar refractivity (Wildman–Crippen MR) is 118 cm³/mol. The molecule has 0 aliphatic heterocycles. The van der Waals surface area contributed by atoms with Crippen molar-refractivity contribution >= 4 is 43.4 Å². The fourth-order valence-corrected chi connectivity index (χ4v) is 4.37. The van der Waals surface area contributed by atoms with E-state index in [2.05, 4.69) is 17.1 Å². The topological polar surface area (TPSA) is 36.4 Å². The molecule has 0 aliphatic rings. The highest BCUT2D eigenvalue weighted by Crippen LogP contribution is 2.30. The van der Waals surface area contributed by atoms with Gasteiger partial charge in [0, 0.05) is 13.1 Å². The van der Waals surface area contributed by atoms with Crippen molar-refractivity contribution in [2.45, 2.75) is 6.42 Å². The Morgan fingerprint density at radius 2 is 1.83 bits per heavy atom. The number of rotatable bonds is 6. The van der Waals surface area contributed by atoms with Gasteiger partial charge in [0.25, 0.3) is 0 Å². The molecule has 0 fully saturated rings. The molecule has 0 radical (unpaired) electrons. The zero-order valence-electron chi connectivity index (χ0n) is 16.4. The highest BCUT2D eigenvalue weighted by Gasteiger charge is 2.21. The molecule has 0 saturated heterocycles. The van der Waals surface area contributed by atoms with E-state index in [9.17, 15) is 9.18 Å². The number of benzene rings is 3. The third kappa shape index (κ3) is 4.28. The fraction of sp³-hybridized carbons (Fsp3) is 0.217. The van der Waals surface area contributed by atoms with Crippen molar-refractivity contribution < 1.29 is 9.18 Å². The zero-order chi connectivity index (χ0) is 20.4. The van der Waals surface area contributed by atoms with Gasteiger partial charge in [0.05, 0.1) is 16.6 Å². The lowest BCUT2D eigenvalue weighted by Crippen LogP contribution is -2.37. The van der Waals surface area contributed by atoms with E-state index in [0.29, 0.717) is 30.2 Å². The Bertz CT molecular complexity index is 1170. The maximum Gasteiger partial charge on any atom is 0.233 e. The molecule has 1 amide bonds. The maximum atomic E-state index is 13.6. The van der Waals surface area contributed by atoms with E-state index in [1.165, 1.54) is 23.5 Å². The van der Waals surface area contributed by atoms with E-state index in [1.807, 2.05) is 49.3 Å². The molecule has 0 unspecified atom stereocenters.